The molecule has 1 aromatic heterocycles. The number of aromatic nitrogens is 2. The molecule has 1 aliphatic heterocycles. The molecule has 1 saturated heterocycles. The lowest BCUT2D eigenvalue weighted by Gasteiger charge is -2.14. The van der Waals surface area contributed by atoms with Crippen molar-refractivity contribution in [3.8, 4) is 0 Å². The van der Waals surface area contributed by atoms with Gasteiger partial charge in [0.2, 0.25) is 5.95 Å². The van der Waals surface area contributed by atoms with Crippen LogP contribution >= 0.6 is 0 Å². The minimum Gasteiger partial charge on any atom is -0.355 e. The SMILES string of the molecule is Fc1ccc2nc(NCC3CCN(C4CC4)C3)[nH]c2c1. The molecule has 1 aliphatic carbocycles. The summed E-state index contributed by atoms with van der Waals surface area (Å²) in [6.07, 6.45) is 4.03. The molecule has 106 valence electrons. The minimum atomic E-state index is -0.233. The number of rotatable bonds is 4. The van der Waals surface area contributed by atoms with Gasteiger partial charge in [-0.2, -0.15) is 0 Å². The molecule has 0 bridgehead atoms. The van der Waals surface area contributed by atoms with Crippen molar-refractivity contribution in [1.82, 2.24) is 14.9 Å². The zero-order valence-corrected chi connectivity index (χ0v) is 11.4. The number of halogens is 1. The molecule has 0 spiro atoms. The molecule has 1 atom stereocenters. The molecule has 1 unspecified atom stereocenters. The van der Waals surface area contributed by atoms with Crippen molar-refractivity contribution in [2.45, 2.75) is 25.3 Å². The lowest BCUT2D eigenvalue weighted by Crippen LogP contribution is -2.24. The maximum absolute atomic E-state index is 13.1. The Hall–Kier alpha value is -1.62. The van der Waals surface area contributed by atoms with E-state index in [1.54, 1.807) is 6.07 Å². The Labute approximate surface area is 117 Å². The smallest absolute Gasteiger partial charge is 0.201 e. The highest BCUT2D eigenvalue weighted by Crippen LogP contribution is 2.31. The molecule has 20 heavy (non-hydrogen) atoms. The van der Waals surface area contributed by atoms with Crippen LogP contribution in [0.4, 0.5) is 10.3 Å². The van der Waals surface area contributed by atoms with Crippen LogP contribution in [-0.4, -0.2) is 40.5 Å². The van der Waals surface area contributed by atoms with Gasteiger partial charge in [0, 0.05) is 19.1 Å². The third-order valence-corrected chi connectivity index (χ3v) is 4.38. The first-order valence-corrected chi connectivity index (χ1v) is 7.41. The van der Waals surface area contributed by atoms with E-state index in [0.717, 1.165) is 29.6 Å². The molecule has 4 rings (SSSR count). The van der Waals surface area contributed by atoms with Gasteiger partial charge in [0.15, 0.2) is 0 Å². The number of H-pyrrole nitrogens is 1. The van der Waals surface area contributed by atoms with Crippen molar-refractivity contribution in [2.75, 3.05) is 25.0 Å². The van der Waals surface area contributed by atoms with E-state index in [1.807, 2.05) is 0 Å². The standard InChI is InChI=1S/C15H19FN4/c16-11-1-4-13-14(7-11)19-15(18-13)17-8-10-5-6-20(9-10)12-2-3-12/h1,4,7,10,12H,2-3,5-6,8-9H2,(H2,17,18,19). The molecule has 2 fully saturated rings. The normalized spacial score (nSPS) is 23.6. The third kappa shape index (κ3) is 2.38. The largest absolute Gasteiger partial charge is 0.355 e. The first kappa shape index (κ1) is 12.1. The van der Waals surface area contributed by atoms with Gasteiger partial charge in [-0.05, 0) is 49.9 Å². The third-order valence-electron chi connectivity index (χ3n) is 4.38. The fourth-order valence-electron chi connectivity index (χ4n) is 3.11. The van der Waals surface area contributed by atoms with Crippen LogP contribution in [0, 0.1) is 11.7 Å². The number of nitrogens with zero attached hydrogens (tertiary/aromatic N) is 2. The number of nitrogens with one attached hydrogen (secondary N) is 2. The molecule has 4 nitrogen and oxygen atoms in total. The maximum atomic E-state index is 13.1. The minimum absolute atomic E-state index is 0.233. The van der Waals surface area contributed by atoms with Crippen molar-refractivity contribution >= 4 is 17.0 Å². The molecule has 1 aromatic carbocycles. The van der Waals surface area contributed by atoms with E-state index in [9.17, 15) is 4.39 Å². The zero-order chi connectivity index (χ0) is 13.5. The van der Waals surface area contributed by atoms with E-state index in [0.29, 0.717) is 5.92 Å². The molecular weight excluding hydrogens is 255 g/mol. The van der Waals surface area contributed by atoms with Crippen LogP contribution < -0.4 is 5.32 Å². The van der Waals surface area contributed by atoms with Gasteiger partial charge < -0.3 is 15.2 Å². The molecule has 5 heteroatoms. The Bertz CT molecular complexity index is 619. The van der Waals surface area contributed by atoms with Crippen LogP contribution in [0.15, 0.2) is 18.2 Å². The Balaban J connectivity index is 1.38. The molecule has 2 N–H and O–H groups in total. The van der Waals surface area contributed by atoms with E-state index in [1.165, 1.54) is 44.5 Å². The number of aromatic amines is 1. The Kier molecular flexibility index (Phi) is 2.88. The molecule has 2 aliphatic rings. The summed E-state index contributed by atoms with van der Waals surface area (Å²) in [5.74, 6) is 1.21. The van der Waals surface area contributed by atoms with Gasteiger partial charge >= 0.3 is 0 Å². The Morgan fingerprint density at radius 3 is 3.10 bits per heavy atom. The van der Waals surface area contributed by atoms with Crippen molar-refractivity contribution in [3.05, 3.63) is 24.0 Å². The quantitative estimate of drug-likeness (QED) is 0.900. The fourth-order valence-corrected chi connectivity index (χ4v) is 3.11. The number of hydrogen-bond donors (Lipinski definition) is 2. The van der Waals surface area contributed by atoms with Gasteiger partial charge in [0.05, 0.1) is 11.0 Å². The predicted octanol–water partition coefficient (Wildman–Crippen LogP) is 2.60. The number of fused-ring (bicyclic) bond motifs is 1. The summed E-state index contributed by atoms with van der Waals surface area (Å²) in [7, 11) is 0. The number of likely N-dealkylation sites (tertiary alicyclic amines) is 1. The molecule has 1 saturated carbocycles. The van der Waals surface area contributed by atoms with Crippen molar-refractivity contribution in [2.24, 2.45) is 5.92 Å². The number of hydrogen-bond acceptors (Lipinski definition) is 3. The Morgan fingerprint density at radius 1 is 1.35 bits per heavy atom. The van der Waals surface area contributed by atoms with Gasteiger partial charge in [-0.3, -0.25) is 0 Å². The highest BCUT2D eigenvalue weighted by atomic mass is 19.1. The lowest BCUT2D eigenvalue weighted by molar-refractivity contribution is 0.316. The molecule has 2 aromatic rings. The van der Waals surface area contributed by atoms with E-state index < -0.39 is 0 Å². The van der Waals surface area contributed by atoms with Crippen LogP contribution in [0.25, 0.3) is 11.0 Å². The van der Waals surface area contributed by atoms with E-state index in [2.05, 4.69) is 20.2 Å². The number of anilines is 1. The number of imidazole rings is 1. The second-order valence-electron chi connectivity index (χ2n) is 6.01. The maximum Gasteiger partial charge on any atom is 0.201 e. The van der Waals surface area contributed by atoms with Crippen LogP contribution in [-0.2, 0) is 0 Å². The van der Waals surface area contributed by atoms with Crippen LogP contribution in [0.1, 0.15) is 19.3 Å². The van der Waals surface area contributed by atoms with Crippen LogP contribution in [0.3, 0.4) is 0 Å². The van der Waals surface area contributed by atoms with E-state index >= 15 is 0 Å². The van der Waals surface area contributed by atoms with Gasteiger partial charge in [0.25, 0.3) is 0 Å². The highest BCUT2D eigenvalue weighted by Gasteiger charge is 2.34. The van der Waals surface area contributed by atoms with Gasteiger partial charge in [0.1, 0.15) is 5.82 Å². The zero-order valence-electron chi connectivity index (χ0n) is 11.4. The summed E-state index contributed by atoms with van der Waals surface area (Å²) in [6.45, 7) is 3.38. The highest BCUT2D eigenvalue weighted by molar-refractivity contribution is 5.77. The van der Waals surface area contributed by atoms with Gasteiger partial charge in [-0.15, -0.1) is 0 Å². The van der Waals surface area contributed by atoms with Crippen molar-refractivity contribution < 1.29 is 4.39 Å². The molecule has 2 heterocycles. The summed E-state index contributed by atoms with van der Waals surface area (Å²) < 4.78 is 13.1. The summed E-state index contributed by atoms with van der Waals surface area (Å²) in [6, 6.07) is 5.50. The first-order valence-electron chi connectivity index (χ1n) is 7.41. The summed E-state index contributed by atoms with van der Waals surface area (Å²) in [4.78, 5) is 10.2. The topological polar surface area (TPSA) is 44.0 Å². The average Bonchev–Trinajstić information content (AvgIpc) is 3.04. The van der Waals surface area contributed by atoms with E-state index in [-0.39, 0.29) is 5.82 Å². The summed E-state index contributed by atoms with van der Waals surface area (Å²) in [5, 5.41) is 3.36. The first-order chi connectivity index (χ1) is 9.78. The van der Waals surface area contributed by atoms with E-state index in [4.69, 9.17) is 0 Å². The Morgan fingerprint density at radius 2 is 2.25 bits per heavy atom. The fraction of sp³-hybridized carbons (Fsp3) is 0.533. The van der Waals surface area contributed by atoms with Crippen LogP contribution in [0.2, 0.25) is 0 Å². The molecular formula is C15H19FN4. The molecule has 0 radical (unpaired) electrons. The average molecular weight is 274 g/mol. The lowest BCUT2D eigenvalue weighted by atomic mass is 10.1. The van der Waals surface area contributed by atoms with Crippen LogP contribution in [0.5, 0.6) is 0 Å². The summed E-state index contributed by atoms with van der Waals surface area (Å²) in [5.41, 5.74) is 1.55. The molecule has 0 amide bonds. The number of benzene rings is 1. The van der Waals surface area contributed by atoms with Crippen molar-refractivity contribution in [3.63, 3.8) is 0 Å². The van der Waals surface area contributed by atoms with Crippen molar-refractivity contribution in [1.29, 1.82) is 0 Å². The van der Waals surface area contributed by atoms with Gasteiger partial charge in [-0.25, -0.2) is 9.37 Å². The monoisotopic (exact) mass is 274 g/mol. The summed E-state index contributed by atoms with van der Waals surface area (Å²) >= 11 is 0. The second kappa shape index (κ2) is 4.74. The predicted molar refractivity (Wildman–Crippen MR) is 77.2 cm³/mol. The second-order valence-corrected chi connectivity index (χ2v) is 6.01. The van der Waals surface area contributed by atoms with Gasteiger partial charge in [-0.1, -0.05) is 0 Å².